The number of piperazine rings is 1. The van der Waals surface area contributed by atoms with Gasteiger partial charge in [0.15, 0.2) is 11.5 Å². The number of ether oxygens (including phenoxy) is 5. The number of nitrogens with one attached hydrogen (secondary N) is 1. The molecule has 2 heterocycles. The van der Waals surface area contributed by atoms with Crippen molar-refractivity contribution in [1.29, 1.82) is 5.26 Å². The Kier molecular flexibility index (Phi) is 12.3. The van der Waals surface area contributed by atoms with Crippen LogP contribution in [0.2, 0.25) is 0 Å². The Hall–Kier alpha value is -3.36. The fraction of sp³-hybridized carbons (Fsp3) is 0.562. The third-order valence-corrected chi connectivity index (χ3v) is 8.00. The second-order valence-electron chi connectivity index (χ2n) is 10.8. The minimum Gasteiger partial charge on any atom is -0.493 e. The van der Waals surface area contributed by atoms with Crippen LogP contribution in [-0.2, 0) is 14.3 Å². The van der Waals surface area contributed by atoms with Gasteiger partial charge in [-0.3, -0.25) is 14.6 Å². The summed E-state index contributed by atoms with van der Waals surface area (Å²) in [5.74, 6) is 2.03. The van der Waals surface area contributed by atoms with Gasteiger partial charge in [-0.1, -0.05) is 12.1 Å². The monoisotopic (exact) mass is 580 g/mol. The van der Waals surface area contributed by atoms with Gasteiger partial charge >= 0.3 is 0 Å². The number of nitrogens with zero attached hydrogens (tertiary/aromatic N) is 3. The molecule has 0 aliphatic carbocycles. The Morgan fingerprint density at radius 3 is 2.40 bits per heavy atom. The number of hydrogen-bond acceptors (Lipinski definition) is 9. The van der Waals surface area contributed by atoms with Crippen molar-refractivity contribution >= 4 is 5.91 Å². The van der Waals surface area contributed by atoms with Gasteiger partial charge < -0.3 is 29.0 Å². The van der Waals surface area contributed by atoms with Crippen LogP contribution < -0.4 is 19.5 Å². The van der Waals surface area contributed by atoms with Gasteiger partial charge in [-0.2, -0.15) is 5.26 Å². The number of nitriles is 1. The number of hydrogen-bond donors (Lipinski definition) is 1. The summed E-state index contributed by atoms with van der Waals surface area (Å²) in [7, 11) is 4.87. The second-order valence-corrected chi connectivity index (χ2v) is 10.8. The number of rotatable bonds is 17. The van der Waals surface area contributed by atoms with Gasteiger partial charge in [0.25, 0.3) is 0 Å². The highest BCUT2D eigenvalue weighted by Crippen LogP contribution is 2.35. The van der Waals surface area contributed by atoms with Crippen LogP contribution >= 0.6 is 0 Å². The van der Waals surface area contributed by atoms with Crippen LogP contribution in [0.5, 0.6) is 17.2 Å². The lowest BCUT2D eigenvalue weighted by molar-refractivity contribution is -0.123. The standard InChI is InChI=1S/C32H44N4O6/c1-38-17-18-41-16-14-34-32(37)23-35-21-26-10-11-27(22-35)36(26)15-4-5-29(25-8-6-24(20-33)7-9-25)42-28-12-13-30(39-2)31(19-28)40-3/h6-9,12-13,19,26-27,29H,4-5,10-11,14-18,21-23H2,1-3H3,(H,34,37). The topological polar surface area (TPSA) is 106 Å². The third-order valence-electron chi connectivity index (χ3n) is 8.00. The first-order chi connectivity index (χ1) is 20.5. The number of fused-ring (bicyclic) bond motifs is 2. The first kappa shape index (κ1) is 31.6. The average molecular weight is 581 g/mol. The highest BCUT2D eigenvalue weighted by molar-refractivity contribution is 5.78. The lowest BCUT2D eigenvalue weighted by Crippen LogP contribution is -2.55. The Labute approximate surface area is 249 Å². The van der Waals surface area contributed by atoms with Crippen molar-refractivity contribution in [2.24, 2.45) is 0 Å². The molecule has 3 unspecified atom stereocenters. The molecule has 228 valence electrons. The Morgan fingerprint density at radius 1 is 1.00 bits per heavy atom. The van der Waals surface area contributed by atoms with Crippen molar-refractivity contribution in [3.05, 3.63) is 53.6 Å². The molecule has 0 spiro atoms. The summed E-state index contributed by atoms with van der Waals surface area (Å²) >= 11 is 0. The van der Waals surface area contributed by atoms with Crippen molar-refractivity contribution in [2.75, 3.05) is 73.9 Å². The lowest BCUT2D eigenvalue weighted by Gasteiger charge is -2.41. The molecule has 42 heavy (non-hydrogen) atoms. The average Bonchev–Trinajstić information content (AvgIpc) is 3.25. The third kappa shape index (κ3) is 8.82. The number of carbonyl (C=O) groups excluding carboxylic acids is 1. The van der Waals surface area contributed by atoms with E-state index in [1.807, 2.05) is 42.5 Å². The summed E-state index contributed by atoms with van der Waals surface area (Å²) < 4.78 is 27.7. The quantitative estimate of drug-likeness (QED) is 0.282. The first-order valence-corrected chi connectivity index (χ1v) is 14.7. The maximum absolute atomic E-state index is 12.5. The molecular weight excluding hydrogens is 536 g/mol. The van der Waals surface area contributed by atoms with E-state index in [0.717, 1.165) is 50.9 Å². The molecular formula is C32H44N4O6. The second kappa shape index (κ2) is 16.3. The van der Waals surface area contributed by atoms with E-state index in [-0.39, 0.29) is 12.0 Å². The summed E-state index contributed by atoms with van der Waals surface area (Å²) in [6.45, 7) is 5.34. The fourth-order valence-corrected chi connectivity index (χ4v) is 5.92. The summed E-state index contributed by atoms with van der Waals surface area (Å²) in [6, 6.07) is 16.3. The summed E-state index contributed by atoms with van der Waals surface area (Å²) in [4.78, 5) is 17.4. The smallest absolute Gasteiger partial charge is 0.234 e. The molecule has 0 aromatic heterocycles. The van der Waals surface area contributed by atoms with E-state index in [1.165, 1.54) is 0 Å². The van der Waals surface area contributed by atoms with Gasteiger partial charge in [0.1, 0.15) is 11.9 Å². The number of benzene rings is 2. The van der Waals surface area contributed by atoms with E-state index >= 15 is 0 Å². The minimum absolute atomic E-state index is 0.0516. The molecule has 4 rings (SSSR count). The van der Waals surface area contributed by atoms with Crippen LogP contribution in [0.25, 0.3) is 0 Å². The molecule has 3 atom stereocenters. The lowest BCUT2D eigenvalue weighted by atomic mass is 10.0. The molecule has 2 fully saturated rings. The Bertz CT molecular complexity index is 1160. The molecule has 1 N–H and O–H groups in total. The van der Waals surface area contributed by atoms with Crippen LogP contribution in [0.3, 0.4) is 0 Å². The van der Waals surface area contributed by atoms with E-state index in [9.17, 15) is 10.1 Å². The first-order valence-electron chi connectivity index (χ1n) is 14.7. The molecule has 0 saturated carbocycles. The van der Waals surface area contributed by atoms with Crippen molar-refractivity contribution in [1.82, 2.24) is 15.1 Å². The maximum atomic E-state index is 12.5. The van der Waals surface area contributed by atoms with Crippen molar-refractivity contribution in [3.8, 4) is 23.3 Å². The molecule has 2 aliphatic heterocycles. The summed E-state index contributed by atoms with van der Waals surface area (Å²) in [5, 5.41) is 12.2. The van der Waals surface area contributed by atoms with E-state index < -0.39 is 0 Å². The molecule has 10 nitrogen and oxygen atoms in total. The van der Waals surface area contributed by atoms with E-state index in [1.54, 1.807) is 21.3 Å². The van der Waals surface area contributed by atoms with Gasteiger partial charge in [-0.15, -0.1) is 0 Å². The molecule has 2 aliphatic rings. The van der Waals surface area contributed by atoms with Crippen molar-refractivity contribution in [2.45, 2.75) is 43.9 Å². The molecule has 2 bridgehead atoms. The normalized spacial score (nSPS) is 19.2. The highest BCUT2D eigenvalue weighted by atomic mass is 16.5. The maximum Gasteiger partial charge on any atom is 0.234 e. The molecule has 2 aromatic carbocycles. The predicted molar refractivity (Wildman–Crippen MR) is 159 cm³/mol. The molecule has 10 heteroatoms. The van der Waals surface area contributed by atoms with Crippen molar-refractivity contribution < 1.29 is 28.5 Å². The molecule has 2 aromatic rings. The van der Waals surface area contributed by atoms with Gasteiger partial charge in [-0.05, 0) is 62.1 Å². The number of likely N-dealkylation sites (tertiary alicyclic amines) is 1. The zero-order valence-corrected chi connectivity index (χ0v) is 25.0. The Morgan fingerprint density at radius 2 is 1.74 bits per heavy atom. The van der Waals surface area contributed by atoms with E-state index in [0.29, 0.717) is 67.8 Å². The van der Waals surface area contributed by atoms with Crippen molar-refractivity contribution in [3.63, 3.8) is 0 Å². The van der Waals surface area contributed by atoms with Crippen LogP contribution in [0.4, 0.5) is 0 Å². The zero-order chi connectivity index (χ0) is 29.7. The predicted octanol–water partition coefficient (Wildman–Crippen LogP) is 3.40. The molecule has 0 radical (unpaired) electrons. The van der Waals surface area contributed by atoms with E-state index in [2.05, 4.69) is 21.2 Å². The molecule has 1 amide bonds. The number of methoxy groups -OCH3 is 3. The molecule has 2 saturated heterocycles. The minimum atomic E-state index is -0.169. The Balaban J connectivity index is 1.29. The van der Waals surface area contributed by atoms with Crippen LogP contribution in [0.15, 0.2) is 42.5 Å². The fourth-order valence-electron chi connectivity index (χ4n) is 5.92. The van der Waals surface area contributed by atoms with Gasteiger partial charge in [0.2, 0.25) is 5.91 Å². The number of amides is 1. The van der Waals surface area contributed by atoms with Crippen LogP contribution in [-0.4, -0.2) is 102 Å². The summed E-state index contributed by atoms with van der Waals surface area (Å²) in [6.07, 6.45) is 3.95. The highest BCUT2D eigenvalue weighted by Gasteiger charge is 2.39. The largest absolute Gasteiger partial charge is 0.493 e. The van der Waals surface area contributed by atoms with Crippen LogP contribution in [0, 0.1) is 11.3 Å². The van der Waals surface area contributed by atoms with Gasteiger partial charge in [0, 0.05) is 44.9 Å². The summed E-state index contributed by atoms with van der Waals surface area (Å²) in [5.41, 5.74) is 1.66. The van der Waals surface area contributed by atoms with Gasteiger partial charge in [0.05, 0.1) is 52.2 Å². The van der Waals surface area contributed by atoms with Crippen LogP contribution in [0.1, 0.15) is 42.9 Å². The zero-order valence-electron chi connectivity index (χ0n) is 25.0. The van der Waals surface area contributed by atoms with Gasteiger partial charge in [-0.25, -0.2) is 0 Å². The SMILES string of the molecule is COCCOCCNC(=O)CN1CC2CCC(C1)N2CCCC(Oc1ccc(OC)c(OC)c1)c1ccc(C#N)cc1. The number of carbonyl (C=O) groups is 1. The van der Waals surface area contributed by atoms with E-state index in [4.69, 9.17) is 23.7 Å².